The summed E-state index contributed by atoms with van der Waals surface area (Å²) in [6.45, 7) is 10.4. The predicted molar refractivity (Wildman–Crippen MR) is 52.9 cm³/mol. The zero-order chi connectivity index (χ0) is 9.84. The number of rotatable bonds is 3. The van der Waals surface area contributed by atoms with E-state index >= 15 is 0 Å². The second kappa shape index (κ2) is 4.17. The standard InChI is InChI=1S/C11H16O2/c1-5-6-10-11(13-7-12-10)9(4)8(2)3/h5-6,8H,4,7H2,1-3H3/b6-5-. The molecule has 0 fully saturated rings. The Bertz CT molecular complexity index is 259. The fourth-order valence-electron chi connectivity index (χ4n) is 1.08. The molecule has 0 spiro atoms. The highest BCUT2D eigenvalue weighted by Crippen LogP contribution is 2.27. The van der Waals surface area contributed by atoms with Crippen LogP contribution in [-0.2, 0) is 9.47 Å². The summed E-state index contributed by atoms with van der Waals surface area (Å²) >= 11 is 0. The van der Waals surface area contributed by atoms with Gasteiger partial charge >= 0.3 is 0 Å². The molecule has 0 atom stereocenters. The van der Waals surface area contributed by atoms with E-state index in [4.69, 9.17) is 9.47 Å². The maximum atomic E-state index is 5.35. The van der Waals surface area contributed by atoms with Crippen molar-refractivity contribution in [2.45, 2.75) is 20.8 Å². The zero-order valence-corrected chi connectivity index (χ0v) is 8.46. The van der Waals surface area contributed by atoms with Gasteiger partial charge in [0, 0.05) is 0 Å². The molecule has 2 nitrogen and oxygen atoms in total. The first-order valence-electron chi connectivity index (χ1n) is 4.48. The van der Waals surface area contributed by atoms with Gasteiger partial charge in [0.1, 0.15) is 0 Å². The predicted octanol–water partition coefficient (Wildman–Crippen LogP) is 2.99. The Hall–Kier alpha value is -1.18. The van der Waals surface area contributed by atoms with Crippen LogP contribution in [0.3, 0.4) is 0 Å². The minimum absolute atomic E-state index is 0.306. The van der Waals surface area contributed by atoms with Crippen LogP contribution in [0.1, 0.15) is 20.8 Å². The molecule has 0 aromatic heterocycles. The molecule has 0 N–H and O–H groups in total. The third-order valence-electron chi connectivity index (χ3n) is 1.95. The summed E-state index contributed by atoms with van der Waals surface area (Å²) in [5, 5.41) is 0. The SMILES string of the molecule is C=C(C1=C(/C=C\C)OCO1)C(C)C. The highest BCUT2D eigenvalue weighted by atomic mass is 16.7. The normalized spacial score (nSPS) is 16.6. The van der Waals surface area contributed by atoms with Crippen LogP contribution in [0.15, 0.2) is 35.8 Å². The van der Waals surface area contributed by atoms with E-state index in [0.29, 0.717) is 12.7 Å². The minimum atomic E-state index is 0.306. The zero-order valence-electron chi connectivity index (χ0n) is 8.46. The van der Waals surface area contributed by atoms with E-state index in [1.54, 1.807) is 0 Å². The van der Waals surface area contributed by atoms with Gasteiger partial charge in [0.05, 0.1) is 0 Å². The lowest BCUT2D eigenvalue weighted by molar-refractivity contribution is 0.0759. The molecular weight excluding hydrogens is 164 g/mol. The smallest absolute Gasteiger partial charge is 0.231 e. The maximum absolute atomic E-state index is 5.35. The Labute approximate surface area is 79.5 Å². The average molecular weight is 180 g/mol. The van der Waals surface area contributed by atoms with E-state index in [2.05, 4.69) is 20.4 Å². The van der Waals surface area contributed by atoms with Gasteiger partial charge in [-0.3, -0.25) is 0 Å². The molecule has 0 aromatic carbocycles. The van der Waals surface area contributed by atoms with Gasteiger partial charge in [-0.05, 0) is 24.5 Å². The fraction of sp³-hybridized carbons (Fsp3) is 0.455. The van der Waals surface area contributed by atoms with Gasteiger partial charge in [0.2, 0.25) is 6.79 Å². The van der Waals surface area contributed by atoms with E-state index in [1.807, 2.05) is 19.1 Å². The van der Waals surface area contributed by atoms with Crippen molar-refractivity contribution in [3.63, 3.8) is 0 Å². The largest absolute Gasteiger partial charge is 0.454 e. The molecule has 1 aliphatic rings. The highest BCUT2D eigenvalue weighted by molar-refractivity contribution is 5.33. The molecule has 0 bridgehead atoms. The topological polar surface area (TPSA) is 18.5 Å². The molecule has 0 saturated carbocycles. The maximum Gasteiger partial charge on any atom is 0.231 e. The van der Waals surface area contributed by atoms with Crippen molar-refractivity contribution in [1.29, 1.82) is 0 Å². The van der Waals surface area contributed by atoms with Gasteiger partial charge in [0.15, 0.2) is 11.5 Å². The summed E-state index contributed by atoms with van der Waals surface area (Å²) in [4.78, 5) is 0. The number of hydrogen-bond donors (Lipinski definition) is 0. The third kappa shape index (κ3) is 2.14. The van der Waals surface area contributed by atoms with Gasteiger partial charge in [-0.25, -0.2) is 0 Å². The summed E-state index contributed by atoms with van der Waals surface area (Å²) in [5.41, 5.74) is 0.991. The third-order valence-corrected chi connectivity index (χ3v) is 1.95. The van der Waals surface area contributed by atoms with Crippen LogP contribution in [0.25, 0.3) is 0 Å². The molecule has 1 heterocycles. The average Bonchev–Trinajstić information content (AvgIpc) is 2.52. The molecular formula is C11H16O2. The van der Waals surface area contributed by atoms with E-state index in [9.17, 15) is 0 Å². The molecule has 72 valence electrons. The van der Waals surface area contributed by atoms with Crippen molar-refractivity contribution in [3.8, 4) is 0 Å². The lowest BCUT2D eigenvalue weighted by atomic mass is 10.0. The molecule has 0 radical (unpaired) electrons. The van der Waals surface area contributed by atoms with Crippen LogP contribution in [0.2, 0.25) is 0 Å². The molecule has 1 rings (SSSR count). The highest BCUT2D eigenvalue weighted by Gasteiger charge is 2.19. The summed E-state index contributed by atoms with van der Waals surface area (Å²) < 4.78 is 10.6. The molecule has 0 saturated heterocycles. The van der Waals surface area contributed by atoms with Crippen molar-refractivity contribution in [2.24, 2.45) is 5.92 Å². The second-order valence-electron chi connectivity index (χ2n) is 3.28. The van der Waals surface area contributed by atoms with Crippen molar-refractivity contribution in [2.75, 3.05) is 6.79 Å². The van der Waals surface area contributed by atoms with Gasteiger partial charge in [-0.1, -0.05) is 26.5 Å². The van der Waals surface area contributed by atoms with E-state index in [-0.39, 0.29) is 0 Å². The van der Waals surface area contributed by atoms with Crippen LogP contribution in [0.5, 0.6) is 0 Å². The van der Waals surface area contributed by atoms with E-state index in [0.717, 1.165) is 17.1 Å². The molecule has 0 amide bonds. The molecule has 0 unspecified atom stereocenters. The Kier molecular flexibility index (Phi) is 3.18. The minimum Gasteiger partial charge on any atom is -0.454 e. The quantitative estimate of drug-likeness (QED) is 0.664. The van der Waals surface area contributed by atoms with Gasteiger partial charge in [0.25, 0.3) is 0 Å². The molecule has 0 aromatic rings. The molecule has 13 heavy (non-hydrogen) atoms. The van der Waals surface area contributed by atoms with Crippen LogP contribution in [-0.4, -0.2) is 6.79 Å². The van der Waals surface area contributed by atoms with Crippen molar-refractivity contribution in [1.82, 2.24) is 0 Å². The second-order valence-corrected chi connectivity index (χ2v) is 3.28. The van der Waals surface area contributed by atoms with Crippen molar-refractivity contribution >= 4 is 0 Å². The van der Waals surface area contributed by atoms with Crippen molar-refractivity contribution in [3.05, 3.63) is 35.8 Å². The van der Waals surface area contributed by atoms with Crippen LogP contribution in [0.4, 0.5) is 0 Å². The van der Waals surface area contributed by atoms with Gasteiger partial charge < -0.3 is 9.47 Å². The van der Waals surface area contributed by atoms with Gasteiger partial charge in [-0.15, -0.1) is 0 Å². The lowest BCUT2D eigenvalue weighted by Crippen LogP contribution is -1.98. The first-order chi connectivity index (χ1) is 6.16. The first-order valence-corrected chi connectivity index (χ1v) is 4.48. The summed E-state index contributed by atoms with van der Waals surface area (Å²) in [6, 6.07) is 0. The molecule has 0 aliphatic carbocycles. The number of allylic oxidation sites excluding steroid dienone is 3. The number of ether oxygens (including phenoxy) is 2. The summed E-state index contributed by atoms with van der Waals surface area (Å²) in [5.74, 6) is 1.98. The van der Waals surface area contributed by atoms with E-state index < -0.39 is 0 Å². The van der Waals surface area contributed by atoms with Crippen LogP contribution < -0.4 is 0 Å². The Morgan fingerprint density at radius 1 is 1.46 bits per heavy atom. The van der Waals surface area contributed by atoms with Crippen LogP contribution in [0, 0.1) is 5.92 Å². The monoisotopic (exact) mass is 180 g/mol. The Balaban J connectivity index is 2.87. The summed E-state index contributed by atoms with van der Waals surface area (Å²) in [7, 11) is 0. The molecule has 1 aliphatic heterocycles. The Morgan fingerprint density at radius 2 is 2.15 bits per heavy atom. The lowest BCUT2D eigenvalue weighted by Gasteiger charge is -2.08. The first kappa shape index (κ1) is 9.90. The molecule has 2 heteroatoms. The number of hydrogen-bond acceptors (Lipinski definition) is 2. The van der Waals surface area contributed by atoms with Gasteiger partial charge in [-0.2, -0.15) is 0 Å². The fourth-order valence-corrected chi connectivity index (χ4v) is 1.08. The Morgan fingerprint density at radius 3 is 2.69 bits per heavy atom. The van der Waals surface area contributed by atoms with Crippen molar-refractivity contribution < 1.29 is 9.47 Å². The summed E-state index contributed by atoms with van der Waals surface area (Å²) in [6.07, 6.45) is 3.83. The van der Waals surface area contributed by atoms with E-state index in [1.165, 1.54) is 0 Å². The van der Waals surface area contributed by atoms with Crippen LogP contribution >= 0.6 is 0 Å².